The zero-order chi connectivity index (χ0) is 9.80. The third kappa shape index (κ3) is 1.94. The Balaban J connectivity index is 2.06. The highest BCUT2D eigenvalue weighted by Gasteiger charge is 1.96. The molecule has 0 fully saturated rings. The minimum Gasteiger partial charge on any atom is -0.509 e. The van der Waals surface area contributed by atoms with Crippen LogP contribution in [0, 0.1) is 0 Å². The Kier molecular flexibility index (Phi) is 2.22. The van der Waals surface area contributed by atoms with E-state index in [-0.39, 0.29) is 12.3 Å². The van der Waals surface area contributed by atoms with Crippen molar-refractivity contribution >= 4 is 6.20 Å². The van der Waals surface area contributed by atoms with Gasteiger partial charge >= 0.3 is 0 Å². The first kappa shape index (κ1) is 8.42. The number of hydrogen-bond donors (Lipinski definition) is 1. The molecule has 0 aliphatic heterocycles. The monoisotopic (exact) mass is 192 g/mol. The molecule has 2 heterocycles. The first-order chi connectivity index (χ1) is 6.84. The van der Waals surface area contributed by atoms with E-state index < -0.39 is 0 Å². The summed E-state index contributed by atoms with van der Waals surface area (Å²) in [6.45, 7) is 0.264. The van der Waals surface area contributed by atoms with Crippen LogP contribution in [0.3, 0.4) is 0 Å². The molecular formula is C7H8N6O. The van der Waals surface area contributed by atoms with E-state index in [0.717, 1.165) is 0 Å². The summed E-state index contributed by atoms with van der Waals surface area (Å²) in [6.07, 6.45) is 7.25. The van der Waals surface area contributed by atoms with E-state index in [0.29, 0.717) is 0 Å². The largest absolute Gasteiger partial charge is 0.509 e. The number of aromatic nitrogens is 6. The lowest BCUT2D eigenvalue weighted by molar-refractivity contribution is 0.370. The molecule has 72 valence electrons. The van der Waals surface area contributed by atoms with Crippen LogP contribution >= 0.6 is 0 Å². The average Bonchev–Trinajstić information content (AvgIpc) is 2.76. The fourth-order valence-electron chi connectivity index (χ4n) is 0.958. The van der Waals surface area contributed by atoms with Gasteiger partial charge in [-0.3, -0.25) is 0 Å². The SMILES string of the molecule is O/C(=C\n1cncn1)Cn1cncn1. The van der Waals surface area contributed by atoms with Crippen molar-refractivity contribution in [2.45, 2.75) is 6.54 Å². The van der Waals surface area contributed by atoms with E-state index in [1.807, 2.05) is 0 Å². The van der Waals surface area contributed by atoms with Crippen LogP contribution in [0.25, 0.3) is 6.20 Å². The van der Waals surface area contributed by atoms with Crippen molar-refractivity contribution in [3.63, 3.8) is 0 Å². The van der Waals surface area contributed by atoms with Gasteiger partial charge in [-0.1, -0.05) is 0 Å². The zero-order valence-electron chi connectivity index (χ0n) is 7.22. The van der Waals surface area contributed by atoms with Crippen molar-refractivity contribution in [3.05, 3.63) is 31.1 Å². The molecule has 0 spiro atoms. The maximum absolute atomic E-state index is 9.48. The van der Waals surface area contributed by atoms with Gasteiger partial charge in [0.15, 0.2) is 0 Å². The smallest absolute Gasteiger partial charge is 0.138 e. The Morgan fingerprint density at radius 3 is 2.64 bits per heavy atom. The lowest BCUT2D eigenvalue weighted by Crippen LogP contribution is -2.02. The van der Waals surface area contributed by atoms with Gasteiger partial charge in [-0.15, -0.1) is 0 Å². The molecule has 0 aliphatic rings. The standard InChI is InChI=1S/C7H8N6O/c14-7(1-12-5-8-3-10-12)2-13-6-9-4-11-13/h1,3-6,14H,2H2/b7-1-. The summed E-state index contributed by atoms with van der Waals surface area (Å²) in [5.74, 6) is 0.126. The van der Waals surface area contributed by atoms with Crippen LogP contribution < -0.4 is 0 Å². The molecule has 0 unspecified atom stereocenters. The van der Waals surface area contributed by atoms with Crippen LogP contribution in [0.5, 0.6) is 0 Å². The lowest BCUT2D eigenvalue weighted by atomic mass is 10.5. The van der Waals surface area contributed by atoms with E-state index in [2.05, 4.69) is 20.2 Å². The molecule has 7 nitrogen and oxygen atoms in total. The van der Waals surface area contributed by atoms with Crippen LogP contribution in [0.1, 0.15) is 0 Å². The van der Waals surface area contributed by atoms with Gasteiger partial charge in [-0.25, -0.2) is 19.3 Å². The number of allylic oxidation sites excluding steroid dienone is 1. The molecule has 0 aliphatic carbocycles. The summed E-state index contributed by atoms with van der Waals surface area (Å²) in [5.41, 5.74) is 0. The highest BCUT2D eigenvalue weighted by Crippen LogP contribution is 1.95. The Morgan fingerprint density at radius 1 is 1.21 bits per heavy atom. The second-order valence-corrected chi connectivity index (χ2v) is 2.59. The molecule has 14 heavy (non-hydrogen) atoms. The van der Waals surface area contributed by atoms with Gasteiger partial charge in [0.1, 0.15) is 37.6 Å². The van der Waals surface area contributed by atoms with Gasteiger partial charge in [-0.2, -0.15) is 10.2 Å². The number of hydrogen-bond acceptors (Lipinski definition) is 5. The molecule has 0 atom stereocenters. The zero-order valence-corrected chi connectivity index (χ0v) is 7.22. The summed E-state index contributed by atoms with van der Waals surface area (Å²) < 4.78 is 2.91. The number of aliphatic hydroxyl groups excluding tert-OH is 1. The summed E-state index contributed by atoms with van der Waals surface area (Å²) in [7, 11) is 0. The molecular weight excluding hydrogens is 184 g/mol. The molecule has 7 heteroatoms. The molecule has 0 saturated heterocycles. The predicted octanol–water partition coefficient (Wildman–Crippen LogP) is -0.0738. The molecule has 0 bridgehead atoms. The van der Waals surface area contributed by atoms with Gasteiger partial charge in [0.2, 0.25) is 0 Å². The maximum Gasteiger partial charge on any atom is 0.138 e. The molecule has 2 aromatic rings. The number of nitrogens with zero attached hydrogens (tertiary/aromatic N) is 6. The first-order valence-corrected chi connectivity index (χ1v) is 3.91. The molecule has 0 aromatic carbocycles. The van der Waals surface area contributed by atoms with Crippen molar-refractivity contribution in [2.75, 3.05) is 0 Å². The Hall–Kier alpha value is -2.18. The fraction of sp³-hybridized carbons (Fsp3) is 0.143. The van der Waals surface area contributed by atoms with E-state index >= 15 is 0 Å². The summed E-state index contributed by atoms with van der Waals surface area (Å²) >= 11 is 0. The topological polar surface area (TPSA) is 81.6 Å². The van der Waals surface area contributed by atoms with E-state index in [1.54, 1.807) is 0 Å². The number of aliphatic hydroxyl groups is 1. The van der Waals surface area contributed by atoms with Crippen molar-refractivity contribution in [3.8, 4) is 0 Å². The Labute approximate surface area is 79.3 Å². The lowest BCUT2D eigenvalue weighted by Gasteiger charge is -1.98. The van der Waals surface area contributed by atoms with Gasteiger partial charge < -0.3 is 5.11 Å². The van der Waals surface area contributed by atoms with Crippen LogP contribution in [-0.2, 0) is 6.54 Å². The Morgan fingerprint density at radius 2 is 2.00 bits per heavy atom. The van der Waals surface area contributed by atoms with Crippen molar-refractivity contribution in [1.29, 1.82) is 0 Å². The normalized spacial score (nSPS) is 11.9. The molecule has 2 rings (SSSR count). The molecule has 2 aromatic heterocycles. The molecule has 0 radical (unpaired) electrons. The van der Waals surface area contributed by atoms with Gasteiger partial charge in [0, 0.05) is 0 Å². The number of rotatable bonds is 3. The van der Waals surface area contributed by atoms with Crippen molar-refractivity contribution in [1.82, 2.24) is 29.5 Å². The van der Waals surface area contributed by atoms with Gasteiger partial charge in [-0.05, 0) is 0 Å². The molecule has 0 amide bonds. The van der Waals surface area contributed by atoms with E-state index in [9.17, 15) is 5.11 Å². The summed E-state index contributed by atoms with van der Waals surface area (Å²) in [6, 6.07) is 0. The van der Waals surface area contributed by atoms with Gasteiger partial charge in [0.05, 0.1) is 6.20 Å². The van der Waals surface area contributed by atoms with Crippen LogP contribution in [0.4, 0.5) is 0 Å². The predicted molar refractivity (Wildman–Crippen MR) is 46.9 cm³/mol. The molecule has 0 saturated carbocycles. The van der Waals surface area contributed by atoms with Crippen LogP contribution in [0.15, 0.2) is 31.1 Å². The minimum atomic E-state index is 0.126. The van der Waals surface area contributed by atoms with Crippen LogP contribution in [0.2, 0.25) is 0 Å². The van der Waals surface area contributed by atoms with E-state index in [1.165, 1.54) is 40.9 Å². The molecule has 1 N–H and O–H groups in total. The van der Waals surface area contributed by atoms with Crippen molar-refractivity contribution in [2.24, 2.45) is 0 Å². The summed E-state index contributed by atoms with van der Waals surface area (Å²) in [5, 5.41) is 17.1. The second kappa shape index (κ2) is 3.69. The maximum atomic E-state index is 9.48. The summed E-state index contributed by atoms with van der Waals surface area (Å²) in [4.78, 5) is 7.48. The minimum absolute atomic E-state index is 0.126. The third-order valence-corrected chi connectivity index (χ3v) is 1.51. The van der Waals surface area contributed by atoms with Crippen LogP contribution in [-0.4, -0.2) is 34.6 Å². The second-order valence-electron chi connectivity index (χ2n) is 2.59. The highest BCUT2D eigenvalue weighted by molar-refractivity contribution is 5.22. The van der Waals surface area contributed by atoms with E-state index in [4.69, 9.17) is 0 Å². The van der Waals surface area contributed by atoms with Crippen molar-refractivity contribution < 1.29 is 5.11 Å². The first-order valence-electron chi connectivity index (χ1n) is 3.91. The average molecular weight is 192 g/mol. The highest BCUT2D eigenvalue weighted by atomic mass is 16.3. The fourth-order valence-corrected chi connectivity index (χ4v) is 0.958. The quantitative estimate of drug-likeness (QED) is 0.688. The van der Waals surface area contributed by atoms with Gasteiger partial charge in [0.25, 0.3) is 0 Å². The Bertz CT molecular complexity index is 403. The third-order valence-electron chi connectivity index (χ3n) is 1.51.